The van der Waals surface area contributed by atoms with Crippen LogP contribution in [0.5, 0.6) is 0 Å². The van der Waals surface area contributed by atoms with Gasteiger partial charge in [0.2, 0.25) is 0 Å². The Morgan fingerprint density at radius 3 is 2.90 bits per heavy atom. The first-order chi connectivity index (χ1) is 9.93. The van der Waals surface area contributed by atoms with Crippen LogP contribution in [0.1, 0.15) is 6.23 Å². The summed E-state index contributed by atoms with van der Waals surface area (Å²) in [5.41, 5.74) is -1.67. The van der Waals surface area contributed by atoms with Crippen molar-refractivity contribution in [2.24, 2.45) is 0 Å². The highest BCUT2D eigenvalue weighted by Gasteiger charge is 2.56. The maximum atomic E-state index is 12.2. The molecule has 0 saturated carbocycles. The van der Waals surface area contributed by atoms with E-state index >= 15 is 0 Å². The second-order valence-electron chi connectivity index (χ2n) is 4.24. The number of nitrogens with one attached hydrogen (secondary N) is 1. The Kier molecular flexibility index (Phi) is 4.43. The predicted molar refractivity (Wildman–Crippen MR) is 68.5 cm³/mol. The maximum Gasteiger partial charge on any atom is 0.347 e. The van der Waals surface area contributed by atoms with E-state index in [2.05, 4.69) is 16.9 Å². The third-order valence-corrected chi connectivity index (χ3v) is 3.44. The molecular formula is C11H11ClFN3O5. The fourth-order valence-electron chi connectivity index (χ4n) is 1.97. The molecule has 0 aromatic carbocycles. The number of hydrogen-bond acceptors (Lipinski definition) is 6. The Labute approximate surface area is 122 Å². The summed E-state index contributed by atoms with van der Waals surface area (Å²) in [7, 11) is 0. The van der Waals surface area contributed by atoms with Gasteiger partial charge >= 0.3 is 5.69 Å². The molecule has 0 amide bonds. The zero-order valence-corrected chi connectivity index (χ0v) is 11.2. The van der Waals surface area contributed by atoms with Crippen molar-refractivity contribution in [2.75, 3.05) is 13.3 Å². The fraction of sp³-hybridized carbons (Fsp3) is 0.545. The van der Waals surface area contributed by atoms with E-state index in [9.17, 15) is 19.1 Å². The monoisotopic (exact) mass is 319 g/mol. The average Bonchev–Trinajstić information content (AvgIpc) is 2.70. The SMILES string of the molecule is O=c1cnn([C@@H]2O[C@H](CO)C(O)[C@]2(Cl)C#CCF)c(=O)[nH]1. The van der Waals surface area contributed by atoms with Gasteiger partial charge in [-0.2, -0.15) is 9.78 Å². The van der Waals surface area contributed by atoms with E-state index in [0.717, 1.165) is 6.20 Å². The molecule has 1 aromatic rings. The summed E-state index contributed by atoms with van der Waals surface area (Å²) in [4.78, 5) is 22.8. The van der Waals surface area contributed by atoms with Crippen LogP contribution in [0, 0.1) is 11.8 Å². The van der Waals surface area contributed by atoms with Gasteiger partial charge in [-0.25, -0.2) is 9.18 Å². The summed E-state index contributed by atoms with van der Waals surface area (Å²) in [6.45, 7) is -1.62. The molecule has 114 valence electrons. The zero-order valence-electron chi connectivity index (χ0n) is 10.5. The van der Waals surface area contributed by atoms with Gasteiger partial charge in [-0.05, 0) is 0 Å². The fourth-order valence-corrected chi connectivity index (χ4v) is 2.32. The number of H-pyrrole nitrogens is 1. The molecule has 1 aromatic heterocycles. The van der Waals surface area contributed by atoms with Gasteiger partial charge in [0, 0.05) is 0 Å². The van der Waals surface area contributed by atoms with Crippen LogP contribution in [0.4, 0.5) is 4.39 Å². The van der Waals surface area contributed by atoms with Crippen molar-refractivity contribution in [3.05, 3.63) is 27.0 Å². The van der Waals surface area contributed by atoms with E-state index in [-0.39, 0.29) is 0 Å². The molecule has 2 heterocycles. The number of aromatic nitrogens is 3. The van der Waals surface area contributed by atoms with Crippen LogP contribution in [0.25, 0.3) is 0 Å². The number of ether oxygens (including phenoxy) is 1. The molecule has 1 aliphatic rings. The highest BCUT2D eigenvalue weighted by Crippen LogP contribution is 2.42. The maximum absolute atomic E-state index is 12.2. The number of alkyl halides is 2. The quantitative estimate of drug-likeness (QED) is 0.434. The summed E-state index contributed by atoms with van der Waals surface area (Å²) in [5.74, 6) is 4.33. The van der Waals surface area contributed by atoms with E-state index in [1.54, 1.807) is 0 Å². The first-order valence-electron chi connectivity index (χ1n) is 5.81. The van der Waals surface area contributed by atoms with Crippen molar-refractivity contribution in [3.63, 3.8) is 0 Å². The molecule has 3 N–H and O–H groups in total. The first-order valence-corrected chi connectivity index (χ1v) is 6.19. The second kappa shape index (κ2) is 5.95. The van der Waals surface area contributed by atoms with Crippen molar-refractivity contribution in [1.29, 1.82) is 0 Å². The Morgan fingerprint density at radius 2 is 2.33 bits per heavy atom. The standard InChI is InChI=1S/C11H11ClFN3O5/c12-11(2-1-3-13)8(19)6(5-17)21-9(11)16-10(20)15-7(18)4-14-16/h4,6,8-9,17,19H,3,5H2,(H,15,18,20)/t6-,8?,9-,11-/m1/s1. The van der Waals surface area contributed by atoms with Crippen LogP contribution in [-0.4, -0.2) is 55.3 Å². The highest BCUT2D eigenvalue weighted by molar-refractivity contribution is 6.27. The molecule has 0 spiro atoms. The Hall–Kier alpha value is -1.73. The lowest BCUT2D eigenvalue weighted by Gasteiger charge is -2.24. The van der Waals surface area contributed by atoms with Crippen LogP contribution < -0.4 is 11.2 Å². The summed E-state index contributed by atoms with van der Waals surface area (Å²) >= 11 is 6.17. The zero-order chi connectivity index (χ0) is 15.6. The molecule has 4 atom stereocenters. The third-order valence-electron chi connectivity index (χ3n) is 2.93. The van der Waals surface area contributed by atoms with E-state index in [0.29, 0.717) is 4.68 Å². The minimum Gasteiger partial charge on any atom is -0.394 e. The van der Waals surface area contributed by atoms with Crippen LogP contribution in [0.3, 0.4) is 0 Å². The minimum absolute atomic E-state index is 0.596. The van der Waals surface area contributed by atoms with Gasteiger partial charge in [-0.15, -0.1) is 0 Å². The summed E-state index contributed by atoms with van der Waals surface area (Å²) < 4.78 is 18.2. The van der Waals surface area contributed by atoms with Gasteiger partial charge in [0.1, 0.15) is 25.1 Å². The summed E-state index contributed by atoms with van der Waals surface area (Å²) in [5, 5.41) is 22.8. The van der Waals surface area contributed by atoms with Gasteiger partial charge in [-0.1, -0.05) is 23.4 Å². The van der Waals surface area contributed by atoms with Gasteiger partial charge in [0.15, 0.2) is 11.1 Å². The number of aliphatic hydroxyl groups excluding tert-OH is 2. The average molecular weight is 320 g/mol. The van der Waals surface area contributed by atoms with E-state index in [1.165, 1.54) is 0 Å². The smallest absolute Gasteiger partial charge is 0.347 e. The van der Waals surface area contributed by atoms with Gasteiger partial charge in [0.05, 0.1) is 6.61 Å². The molecular weight excluding hydrogens is 309 g/mol. The van der Waals surface area contributed by atoms with Gasteiger partial charge in [-0.3, -0.25) is 9.78 Å². The first kappa shape index (κ1) is 15.7. The number of nitrogens with zero attached hydrogens (tertiary/aromatic N) is 2. The minimum atomic E-state index is -1.89. The second-order valence-corrected chi connectivity index (χ2v) is 4.87. The molecule has 0 radical (unpaired) electrons. The third kappa shape index (κ3) is 2.71. The number of aliphatic hydroxyl groups is 2. The van der Waals surface area contributed by atoms with Crippen LogP contribution in [0.15, 0.2) is 15.8 Å². The molecule has 21 heavy (non-hydrogen) atoms. The molecule has 0 bridgehead atoms. The molecule has 1 saturated heterocycles. The van der Waals surface area contributed by atoms with Crippen molar-refractivity contribution in [3.8, 4) is 11.8 Å². The highest BCUT2D eigenvalue weighted by atomic mass is 35.5. The Bertz CT molecular complexity index is 695. The molecule has 2 rings (SSSR count). The van der Waals surface area contributed by atoms with E-state index < -0.39 is 47.8 Å². The normalized spacial score (nSPS) is 31.7. The largest absolute Gasteiger partial charge is 0.394 e. The molecule has 10 heteroatoms. The molecule has 1 fully saturated rings. The molecule has 0 aliphatic carbocycles. The summed E-state index contributed by atoms with van der Waals surface area (Å²) in [6.07, 6.45) is -3.23. The number of rotatable bonds is 2. The lowest BCUT2D eigenvalue weighted by atomic mass is 9.99. The van der Waals surface area contributed by atoms with Crippen molar-refractivity contribution >= 4 is 11.6 Å². The number of hydrogen-bond donors (Lipinski definition) is 3. The lowest BCUT2D eigenvalue weighted by molar-refractivity contribution is -0.0514. The van der Waals surface area contributed by atoms with Crippen molar-refractivity contribution in [1.82, 2.24) is 14.8 Å². The Morgan fingerprint density at radius 1 is 1.62 bits per heavy atom. The van der Waals surface area contributed by atoms with Crippen molar-refractivity contribution in [2.45, 2.75) is 23.3 Å². The lowest BCUT2D eigenvalue weighted by Crippen LogP contribution is -2.45. The summed E-state index contributed by atoms with van der Waals surface area (Å²) in [6, 6.07) is 0. The Balaban J connectivity index is 2.53. The van der Waals surface area contributed by atoms with Crippen molar-refractivity contribution < 1.29 is 19.3 Å². The molecule has 8 nitrogen and oxygen atoms in total. The molecule has 1 aliphatic heterocycles. The predicted octanol–water partition coefficient (Wildman–Crippen LogP) is -1.87. The number of halogens is 2. The number of aromatic amines is 1. The van der Waals surface area contributed by atoms with Gasteiger partial charge < -0.3 is 14.9 Å². The van der Waals surface area contributed by atoms with Crippen LogP contribution in [-0.2, 0) is 4.74 Å². The molecule has 1 unspecified atom stereocenters. The van der Waals surface area contributed by atoms with Gasteiger partial charge in [0.25, 0.3) is 5.56 Å². The van der Waals surface area contributed by atoms with E-state index in [1.807, 2.05) is 4.98 Å². The van der Waals surface area contributed by atoms with Crippen LogP contribution in [0.2, 0.25) is 0 Å². The van der Waals surface area contributed by atoms with E-state index in [4.69, 9.17) is 21.4 Å². The topological polar surface area (TPSA) is 117 Å². The van der Waals surface area contributed by atoms with Crippen LogP contribution >= 0.6 is 11.6 Å².